The highest BCUT2D eigenvalue weighted by Gasteiger charge is 2.26. The monoisotopic (exact) mass is 374 g/mol. The van der Waals surface area contributed by atoms with Gasteiger partial charge in [-0.2, -0.15) is 0 Å². The Bertz CT molecular complexity index is 545. The summed E-state index contributed by atoms with van der Waals surface area (Å²) < 4.78 is 0.803. The van der Waals surface area contributed by atoms with Crippen LogP contribution in [0.3, 0.4) is 0 Å². The van der Waals surface area contributed by atoms with Gasteiger partial charge in [-0.15, -0.1) is 0 Å². The molecule has 1 fully saturated rings. The topological polar surface area (TPSA) is 69.6 Å². The van der Waals surface area contributed by atoms with E-state index in [-0.39, 0.29) is 18.4 Å². The van der Waals surface area contributed by atoms with Crippen LogP contribution in [0, 0.1) is 5.92 Å². The first-order valence-electron chi connectivity index (χ1n) is 6.67. The Labute approximate surface area is 136 Å². The Morgan fingerprint density at radius 1 is 1.38 bits per heavy atom. The number of carbonyl (C=O) groups is 2. The number of piperidine rings is 1. The van der Waals surface area contributed by atoms with Gasteiger partial charge in [-0.05, 0) is 47.0 Å². The summed E-state index contributed by atoms with van der Waals surface area (Å²) in [6.45, 7) is 1.17. The molecular formula is C14H16BrClN2O3. The van der Waals surface area contributed by atoms with E-state index in [2.05, 4.69) is 21.2 Å². The molecule has 1 heterocycles. The van der Waals surface area contributed by atoms with Crippen LogP contribution in [0.15, 0.2) is 22.7 Å². The summed E-state index contributed by atoms with van der Waals surface area (Å²) in [4.78, 5) is 24.6. The molecule has 7 heteroatoms. The van der Waals surface area contributed by atoms with Gasteiger partial charge in [0.25, 0.3) is 0 Å². The predicted octanol–water partition coefficient (Wildman–Crippen LogP) is 2.84. The van der Waals surface area contributed by atoms with Crippen LogP contribution in [-0.4, -0.2) is 41.5 Å². The van der Waals surface area contributed by atoms with Crippen LogP contribution >= 0.6 is 27.5 Å². The Hall–Kier alpha value is -1.27. The zero-order valence-electron chi connectivity index (χ0n) is 11.3. The van der Waals surface area contributed by atoms with Crippen molar-refractivity contribution in [1.29, 1.82) is 0 Å². The molecule has 0 radical (unpaired) electrons. The molecule has 0 aromatic heterocycles. The lowest BCUT2D eigenvalue weighted by Crippen LogP contribution is -2.42. The number of hydrogen-bond acceptors (Lipinski definition) is 3. The van der Waals surface area contributed by atoms with Crippen molar-refractivity contribution < 1.29 is 14.7 Å². The molecule has 1 amide bonds. The van der Waals surface area contributed by atoms with Crippen LogP contribution in [0.25, 0.3) is 0 Å². The molecule has 21 heavy (non-hydrogen) atoms. The number of benzene rings is 1. The zero-order chi connectivity index (χ0) is 15.4. The standard InChI is InChI=1S/C14H16BrClN2O3/c15-11-2-1-10(7-12(11)16)17-8-13(19)18-5-3-9(4-6-18)14(20)21/h1-2,7,9,17H,3-6,8H2,(H,20,21). The Morgan fingerprint density at radius 3 is 2.62 bits per heavy atom. The first-order valence-corrected chi connectivity index (χ1v) is 7.84. The Morgan fingerprint density at radius 2 is 2.05 bits per heavy atom. The maximum atomic E-state index is 12.1. The number of nitrogens with zero attached hydrogens (tertiary/aromatic N) is 1. The molecule has 0 unspecified atom stereocenters. The molecule has 0 atom stereocenters. The first-order chi connectivity index (χ1) is 9.97. The van der Waals surface area contributed by atoms with Crippen molar-refractivity contribution in [2.24, 2.45) is 5.92 Å². The van der Waals surface area contributed by atoms with Crippen molar-refractivity contribution in [3.8, 4) is 0 Å². The third-order valence-corrected chi connectivity index (χ3v) is 4.79. The molecule has 1 aromatic rings. The molecule has 0 spiro atoms. The SMILES string of the molecule is O=C(O)C1CCN(C(=O)CNc2ccc(Br)c(Cl)c2)CC1. The summed E-state index contributed by atoms with van der Waals surface area (Å²) in [6, 6.07) is 5.39. The number of carbonyl (C=O) groups excluding carboxylic acids is 1. The quantitative estimate of drug-likeness (QED) is 0.849. The van der Waals surface area contributed by atoms with Crippen molar-refractivity contribution in [3.63, 3.8) is 0 Å². The molecule has 0 aliphatic carbocycles. The summed E-state index contributed by atoms with van der Waals surface area (Å²) in [5, 5.41) is 12.5. The van der Waals surface area contributed by atoms with E-state index in [1.165, 1.54) is 0 Å². The van der Waals surface area contributed by atoms with Gasteiger partial charge in [0, 0.05) is 23.2 Å². The normalized spacial score (nSPS) is 15.8. The van der Waals surface area contributed by atoms with Crippen LogP contribution in [-0.2, 0) is 9.59 Å². The van der Waals surface area contributed by atoms with Gasteiger partial charge >= 0.3 is 5.97 Å². The second-order valence-electron chi connectivity index (χ2n) is 4.98. The van der Waals surface area contributed by atoms with Gasteiger partial charge in [0.1, 0.15) is 0 Å². The number of likely N-dealkylation sites (tertiary alicyclic amines) is 1. The summed E-state index contributed by atoms with van der Waals surface area (Å²) in [6.07, 6.45) is 1.04. The van der Waals surface area contributed by atoms with Crippen molar-refractivity contribution in [2.45, 2.75) is 12.8 Å². The van der Waals surface area contributed by atoms with Crippen LogP contribution < -0.4 is 5.32 Å². The Kier molecular flexibility index (Phi) is 5.47. The van der Waals surface area contributed by atoms with E-state index in [4.69, 9.17) is 16.7 Å². The van der Waals surface area contributed by atoms with E-state index >= 15 is 0 Å². The summed E-state index contributed by atoms with van der Waals surface area (Å²) >= 11 is 9.29. The number of halogens is 2. The smallest absolute Gasteiger partial charge is 0.306 e. The lowest BCUT2D eigenvalue weighted by Gasteiger charge is -2.30. The molecule has 2 N–H and O–H groups in total. The second kappa shape index (κ2) is 7.13. The molecule has 114 valence electrons. The highest BCUT2D eigenvalue weighted by Crippen LogP contribution is 2.25. The third-order valence-electron chi connectivity index (χ3n) is 3.56. The number of aliphatic carboxylic acids is 1. The molecule has 1 aliphatic heterocycles. The van der Waals surface area contributed by atoms with Crippen LogP contribution in [0.2, 0.25) is 5.02 Å². The van der Waals surface area contributed by atoms with Gasteiger partial charge in [0.15, 0.2) is 0 Å². The van der Waals surface area contributed by atoms with E-state index in [0.717, 1.165) is 10.2 Å². The summed E-state index contributed by atoms with van der Waals surface area (Å²) in [5.74, 6) is -1.13. The number of nitrogens with one attached hydrogen (secondary N) is 1. The van der Waals surface area contributed by atoms with Gasteiger partial charge in [0.05, 0.1) is 17.5 Å². The number of carboxylic acid groups (broad SMARTS) is 1. The fourth-order valence-corrected chi connectivity index (χ4v) is 2.70. The largest absolute Gasteiger partial charge is 0.481 e. The fraction of sp³-hybridized carbons (Fsp3) is 0.429. The van der Waals surface area contributed by atoms with Crippen molar-refractivity contribution in [2.75, 3.05) is 25.0 Å². The third kappa shape index (κ3) is 4.35. The van der Waals surface area contributed by atoms with E-state index in [0.29, 0.717) is 31.0 Å². The molecule has 2 rings (SSSR count). The van der Waals surface area contributed by atoms with Gasteiger partial charge in [-0.25, -0.2) is 0 Å². The average molecular weight is 376 g/mol. The maximum Gasteiger partial charge on any atom is 0.306 e. The molecule has 0 bridgehead atoms. The van der Waals surface area contributed by atoms with Gasteiger partial charge in [0.2, 0.25) is 5.91 Å². The minimum absolute atomic E-state index is 0.0297. The van der Waals surface area contributed by atoms with Crippen molar-refractivity contribution in [3.05, 3.63) is 27.7 Å². The minimum atomic E-state index is -0.773. The molecule has 1 aliphatic rings. The zero-order valence-corrected chi connectivity index (χ0v) is 13.7. The lowest BCUT2D eigenvalue weighted by atomic mass is 9.97. The van der Waals surface area contributed by atoms with E-state index in [9.17, 15) is 9.59 Å². The number of hydrogen-bond donors (Lipinski definition) is 2. The number of rotatable bonds is 4. The maximum absolute atomic E-state index is 12.1. The van der Waals surface area contributed by atoms with E-state index in [1.54, 1.807) is 11.0 Å². The molecule has 1 saturated heterocycles. The first kappa shape index (κ1) is 16.1. The minimum Gasteiger partial charge on any atom is -0.481 e. The average Bonchev–Trinajstić information content (AvgIpc) is 2.48. The number of carboxylic acids is 1. The van der Waals surface area contributed by atoms with Gasteiger partial charge in [-0.3, -0.25) is 9.59 Å². The van der Waals surface area contributed by atoms with Crippen LogP contribution in [0.5, 0.6) is 0 Å². The highest BCUT2D eigenvalue weighted by molar-refractivity contribution is 9.10. The van der Waals surface area contributed by atoms with Crippen molar-refractivity contribution >= 4 is 45.1 Å². The Balaban J connectivity index is 1.82. The number of amides is 1. The van der Waals surface area contributed by atoms with Crippen molar-refractivity contribution in [1.82, 2.24) is 4.90 Å². The molecular weight excluding hydrogens is 360 g/mol. The predicted molar refractivity (Wildman–Crippen MR) is 84.6 cm³/mol. The number of anilines is 1. The lowest BCUT2D eigenvalue weighted by molar-refractivity contribution is -0.145. The van der Waals surface area contributed by atoms with Gasteiger partial charge in [-0.1, -0.05) is 11.6 Å². The van der Waals surface area contributed by atoms with E-state index in [1.807, 2.05) is 12.1 Å². The highest BCUT2D eigenvalue weighted by atomic mass is 79.9. The second-order valence-corrected chi connectivity index (χ2v) is 6.24. The molecule has 5 nitrogen and oxygen atoms in total. The molecule has 1 aromatic carbocycles. The van der Waals surface area contributed by atoms with Gasteiger partial charge < -0.3 is 15.3 Å². The molecule has 0 saturated carbocycles. The summed E-state index contributed by atoms with van der Waals surface area (Å²) in [5.41, 5.74) is 0.775. The summed E-state index contributed by atoms with van der Waals surface area (Å²) in [7, 11) is 0. The van der Waals surface area contributed by atoms with Crippen LogP contribution in [0.4, 0.5) is 5.69 Å². The fourth-order valence-electron chi connectivity index (χ4n) is 2.27. The van der Waals surface area contributed by atoms with E-state index < -0.39 is 5.97 Å². The van der Waals surface area contributed by atoms with Crippen LogP contribution in [0.1, 0.15) is 12.8 Å².